The Labute approximate surface area is 164 Å². The monoisotopic (exact) mass is 396 g/mol. The average molecular weight is 396 g/mol. The third-order valence-electron chi connectivity index (χ3n) is 4.14. The highest BCUT2D eigenvalue weighted by Gasteiger charge is 2.13. The molecule has 0 saturated carbocycles. The minimum absolute atomic E-state index is 0.0459. The molecule has 148 valence electrons. The van der Waals surface area contributed by atoms with Crippen LogP contribution in [0.1, 0.15) is 21.5 Å². The fraction of sp³-hybridized carbons (Fsp3) is 0.100. The second kappa shape index (κ2) is 8.79. The van der Waals surface area contributed by atoms with Gasteiger partial charge in [-0.05, 0) is 36.2 Å². The van der Waals surface area contributed by atoms with Gasteiger partial charge in [0.05, 0.1) is 6.21 Å². The minimum Gasteiger partial charge on any atom is -0.494 e. The molecular weight excluding hydrogens is 379 g/mol. The highest BCUT2D eigenvalue weighted by atomic mass is 19.1. The Morgan fingerprint density at radius 3 is 2.52 bits per heavy atom. The molecule has 0 atom stereocenters. The standard InChI is InChI=1S/C20H17FN4O4/c21-15-8-6-13(7-9-15)10-11-25-19(28)16(18(27)23-20(25)29)12-22-24-17(26)14-4-2-1-3-5-14/h1-9,12,28H,10-11H2,(H,24,26)(H,23,27,29)/b22-12-. The van der Waals surface area contributed by atoms with Crippen LogP contribution in [0.2, 0.25) is 0 Å². The van der Waals surface area contributed by atoms with Gasteiger partial charge in [0, 0.05) is 12.1 Å². The van der Waals surface area contributed by atoms with Crippen LogP contribution in [0.3, 0.4) is 0 Å². The summed E-state index contributed by atoms with van der Waals surface area (Å²) in [6.45, 7) is 0.0459. The van der Waals surface area contributed by atoms with Crippen LogP contribution in [0, 0.1) is 5.82 Å². The second-order valence-electron chi connectivity index (χ2n) is 6.09. The molecule has 2 aromatic carbocycles. The number of nitrogens with zero attached hydrogens (tertiary/aromatic N) is 2. The number of amides is 1. The second-order valence-corrected chi connectivity index (χ2v) is 6.09. The number of rotatable bonds is 6. The molecule has 1 heterocycles. The van der Waals surface area contributed by atoms with Gasteiger partial charge in [0.1, 0.15) is 11.4 Å². The number of hydrogen-bond donors (Lipinski definition) is 3. The largest absolute Gasteiger partial charge is 0.494 e. The molecule has 0 saturated heterocycles. The quantitative estimate of drug-likeness (QED) is 0.431. The van der Waals surface area contributed by atoms with Crippen LogP contribution in [0.4, 0.5) is 4.39 Å². The fourth-order valence-corrected chi connectivity index (χ4v) is 2.60. The van der Waals surface area contributed by atoms with E-state index < -0.39 is 23.0 Å². The molecule has 3 N–H and O–H groups in total. The Morgan fingerprint density at radius 2 is 1.83 bits per heavy atom. The maximum absolute atomic E-state index is 13.0. The van der Waals surface area contributed by atoms with Crippen molar-refractivity contribution in [2.24, 2.45) is 5.10 Å². The molecule has 0 spiro atoms. The number of nitrogens with one attached hydrogen (secondary N) is 2. The van der Waals surface area contributed by atoms with Gasteiger partial charge in [0.15, 0.2) is 0 Å². The third kappa shape index (κ3) is 4.83. The average Bonchev–Trinajstić information content (AvgIpc) is 2.72. The number of hydrazone groups is 1. The smallest absolute Gasteiger partial charge is 0.331 e. The summed E-state index contributed by atoms with van der Waals surface area (Å²) < 4.78 is 13.9. The molecule has 0 radical (unpaired) electrons. The van der Waals surface area contributed by atoms with Gasteiger partial charge in [-0.3, -0.25) is 19.1 Å². The van der Waals surface area contributed by atoms with E-state index in [0.29, 0.717) is 12.0 Å². The molecule has 1 aromatic heterocycles. The molecule has 1 amide bonds. The van der Waals surface area contributed by atoms with Crippen LogP contribution in [0.5, 0.6) is 5.88 Å². The number of hydrogen-bond acceptors (Lipinski definition) is 5. The van der Waals surface area contributed by atoms with Crippen LogP contribution in [0.15, 0.2) is 69.3 Å². The Morgan fingerprint density at radius 1 is 1.14 bits per heavy atom. The molecule has 0 aliphatic heterocycles. The molecule has 0 unspecified atom stereocenters. The van der Waals surface area contributed by atoms with Crippen molar-refractivity contribution in [2.45, 2.75) is 13.0 Å². The number of aromatic nitrogens is 2. The molecule has 3 aromatic rings. The van der Waals surface area contributed by atoms with E-state index in [1.54, 1.807) is 42.5 Å². The minimum atomic E-state index is -0.844. The van der Waals surface area contributed by atoms with Gasteiger partial charge in [0.25, 0.3) is 11.5 Å². The summed E-state index contributed by atoms with van der Waals surface area (Å²) >= 11 is 0. The maximum Gasteiger partial charge on any atom is 0.331 e. The van der Waals surface area contributed by atoms with Crippen LogP contribution in [0.25, 0.3) is 0 Å². The van der Waals surface area contributed by atoms with Crippen LogP contribution < -0.4 is 16.7 Å². The molecule has 0 aliphatic rings. The Hall–Kier alpha value is -4.01. The van der Waals surface area contributed by atoms with Gasteiger partial charge >= 0.3 is 5.69 Å². The molecule has 8 nitrogen and oxygen atoms in total. The fourth-order valence-electron chi connectivity index (χ4n) is 2.60. The zero-order valence-corrected chi connectivity index (χ0v) is 15.1. The number of carbonyl (C=O) groups is 1. The predicted molar refractivity (Wildman–Crippen MR) is 105 cm³/mol. The highest BCUT2D eigenvalue weighted by Crippen LogP contribution is 2.10. The van der Waals surface area contributed by atoms with Crippen molar-refractivity contribution in [3.05, 3.63) is 97.9 Å². The van der Waals surface area contributed by atoms with Crippen molar-refractivity contribution in [3.63, 3.8) is 0 Å². The van der Waals surface area contributed by atoms with Gasteiger partial charge in [0.2, 0.25) is 5.88 Å². The first-order valence-electron chi connectivity index (χ1n) is 8.64. The van der Waals surface area contributed by atoms with E-state index in [4.69, 9.17) is 0 Å². The number of carbonyl (C=O) groups excluding carboxylic acids is 1. The highest BCUT2D eigenvalue weighted by molar-refractivity contribution is 5.94. The number of aromatic amines is 1. The molecule has 29 heavy (non-hydrogen) atoms. The van der Waals surface area contributed by atoms with Crippen molar-refractivity contribution in [3.8, 4) is 5.88 Å². The van der Waals surface area contributed by atoms with Gasteiger partial charge in [-0.1, -0.05) is 30.3 Å². The number of aromatic hydroxyl groups is 1. The molecule has 3 rings (SSSR count). The van der Waals surface area contributed by atoms with E-state index in [1.165, 1.54) is 12.1 Å². The number of aryl methyl sites for hydroxylation is 1. The summed E-state index contributed by atoms with van der Waals surface area (Å²) in [5.41, 5.74) is 1.44. The number of H-pyrrole nitrogens is 1. The summed E-state index contributed by atoms with van der Waals surface area (Å²) in [6, 6.07) is 14.0. The van der Waals surface area contributed by atoms with Crippen molar-refractivity contribution >= 4 is 12.1 Å². The lowest BCUT2D eigenvalue weighted by molar-refractivity contribution is 0.0955. The van der Waals surface area contributed by atoms with E-state index in [0.717, 1.165) is 16.3 Å². The molecule has 0 bridgehead atoms. The van der Waals surface area contributed by atoms with Crippen molar-refractivity contribution in [1.29, 1.82) is 0 Å². The maximum atomic E-state index is 13.0. The van der Waals surface area contributed by atoms with Crippen molar-refractivity contribution in [1.82, 2.24) is 15.0 Å². The molecular formula is C20H17FN4O4. The normalized spacial score (nSPS) is 10.9. The number of benzene rings is 2. The SMILES string of the molecule is O=C(N/N=C\c1c(O)n(CCc2ccc(F)cc2)c(=O)[nH]c1=O)c1ccccc1. The Kier molecular flexibility index (Phi) is 5.98. The van der Waals surface area contributed by atoms with Gasteiger partial charge in [-0.25, -0.2) is 14.6 Å². The summed E-state index contributed by atoms with van der Waals surface area (Å²) in [5.74, 6) is -1.46. The first-order chi connectivity index (χ1) is 14.0. The summed E-state index contributed by atoms with van der Waals surface area (Å²) in [6.07, 6.45) is 1.28. The zero-order valence-electron chi connectivity index (χ0n) is 15.1. The summed E-state index contributed by atoms with van der Waals surface area (Å²) in [5, 5.41) is 14.0. The molecule has 9 heteroatoms. The van der Waals surface area contributed by atoms with E-state index in [9.17, 15) is 23.9 Å². The first kappa shape index (κ1) is 19.7. The van der Waals surface area contributed by atoms with Gasteiger partial charge in [-0.15, -0.1) is 0 Å². The van der Waals surface area contributed by atoms with E-state index in [1.807, 2.05) is 0 Å². The molecule has 0 aliphatic carbocycles. The lowest BCUT2D eigenvalue weighted by Crippen LogP contribution is -2.33. The van der Waals surface area contributed by atoms with Crippen molar-refractivity contribution < 1.29 is 14.3 Å². The van der Waals surface area contributed by atoms with Crippen LogP contribution in [-0.2, 0) is 13.0 Å². The van der Waals surface area contributed by atoms with Crippen molar-refractivity contribution in [2.75, 3.05) is 0 Å². The third-order valence-corrected chi connectivity index (χ3v) is 4.14. The molecule has 0 fully saturated rings. The lowest BCUT2D eigenvalue weighted by Gasteiger charge is -2.09. The van der Waals surface area contributed by atoms with E-state index in [2.05, 4.69) is 15.5 Å². The van der Waals surface area contributed by atoms with Crippen LogP contribution >= 0.6 is 0 Å². The zero-order chi connectivity index (χ0) is 20.8. The summed E-state index contributed by atoms with van der Waals surface area (Å²) in [4.78, 5) is 38.1. The topological polar surface area (TPSA) is 117 Å². The number of halogens is 1. The predicted octanol–water partition coefficient (Wildman–Crippen LogP) is 1.39. The van der Waals surface area contributed by atoms with E-state index in [-0.39, 0.29) is 17.9 Å². The Balaban J connectivity index is 1.77. The van der Waals surface area contributed by atoms with Gasteiger partial charge in [-0.2, -0.15) is 5.10 Å². The Bertz CT molecular complexity index is 1150. The van der Waals surface area contributed by atoms with Crippen LogP contribution in [-0.4, -0.2) is 26.8 Å². The van der Waals surface area contributed by atoms with E-state index >= 15 is 0 Å². The summed E-state index contributed by atoms with van der Waals surface area (Å²) in [7, 11) is 0. The lowest BCUT2D eigenvalue weighted by atomic mass is 10.1. The van der Waals surface area contributed by atoms with Gasteiger partial charge < -0.3 is 5.11 Å². The first-order valence-corrected chi connectivity index (χ1v) is 8.64.